The van der Waals surface area contributed by atoms with Crippen molar-refractivity contribution in [2.45, 2.75) is 25.9 Å². The van der Waals surface area contributed by atoms with Gasteiger partial charge in [0.1, 0.15) is 0 Å². The minimum Gasteiger partial charge on any atom is -0.454 e. The average molecular weight is 234 g/mol. The van der Waals surface area contributed by atoms with Crippen LogP contribution in [-0.4, -0.2) is 25.9 Å². The quantitative estimate of drug-likeness (QED) is 0.769. The number of hydrogen-bond acceptors (Lipinski definition) is 4. The summed E-state index contributed by atoms with van der Waals surface area (Å²) in [6.07, 6.45) is 0. The van der Waals surface area contributed by atoms with Gasteiger partial charge in [-0.2, -0.15) is 0 Å². The molecule has 1 aromatic carbocycles. The van der Waals surface area contributed by atoms with Crippen molar-refractivity contribution < 1.29 is 9.47 Å². The van der Waals surface area contributed by atoms with Gasteiger partial charge in [-0.15, -0.1) is 0 Å². The second kappa shape index (κ2) is 4.20. The molecule has 4 nitrogen and oxygen atoms in total. The molecule has 1 fully saturated rings. The molecule has 0 bridgehead atoms. The molecular weight excluding hydrogens is 216 g/mol. The molecule has 0 amide bonds. The summed E-state index contributed by atoms with van der Waals surface area (Å²) in [5.41, 5.74) is 2.55. The first-order chi connectivity index (χ1) is 8.25. The molecule has 0 aromatic heterocycles. The average Bonchev–Trinajstić information content (AvgIpc) is 2.76. The molecule has 17 heavy (non-hydrogen) atoms. The highest BCUT2D eigenvalue weighted by atomic mass is 16.7. The number of ether oxygens (including phenoxy) is 2. The summed E-state index contributed by atoms with van der Waals surface area (Å²) in [6, 6.07) is 4.96. The SMILES string of the molecule is Cc1cc2c(cc1C1NCCNC1C)OCO2. The van der Waals surface area contributed by atoms with Crippen molar-refractivity contribution in [1.29, 1.82) is 0 Å². The van der Waals surface area contributed by atoms with E-state index in [0.717, 1.165) is 24.6 Å². The third-order valence-corrected chi connectivity index (χ3v) is 3.55. The van der Waals surface area contributed by atoms with Gasteiger partial charge in [0, 0.05) is 25.2 Å². The first-order valence-electron chi connectivity index (χ1n) is 6.12. The van der Waals surface area contributed by atoms with Crippen molar-refractivity contribution in [3.05, 3.63) is 23.3 Å². The van der Waals surface area contributed by atoms with Crippen molar-refractivity contribution in [3.63, 3.8) is 0 Å². The summed E-state index contributed by atoms with van der Waals surface area (Å²) in [7, 11) is 0. The Bertz CT molecular complexity index is 434. The van der Waals surface area contributed by atoms with Crippen molar-refractivity contribution in [3.8, 4) is 11.5 Å². The fraction of sp³-hybridized carbons (Fsp3) is 0.538. The molecule has 2 aliphatic rings. The van der Waals surface area contributed by atoms with E-state index in [0.29, 0.717) is 18.9 Å². The molecular formula is C13H18N2O2. The van der Waals surface area contributed by atoms with E-state index in [4.69, 9.17) is 9.47 Å². The summed E-state index contributed by atoms with van der Waals surface area (Å²) < 4.78 is 10.8. The van der Waals surface area contributed by atoms with Gasteiger partial charge in [0.2, 0.25) is 6.79 Å². The summed E-state index contributed by atoms with van der Waals surface area (Å²) >= 11 is 0. The zero-order valence-corrected chi connectivity index (χ0v) is 10.2. The Kier molecular flexibility index (Phi) is 2.68. The van der Waals surface area contributed by atoms with E-state index >= 15 is 0 Å². The van der Waals surface area contributed by atoms with Crippen molar-refractivity contribution >= 4 is 0 Å². The molecule has 2 aliphatic heterocycles. The van der Waals surface area contributed by atoms with Crippen LogP contribution in [0.2, 0.25) is 0 Å². The van der Waals surface area contributed by atoms with Gasteiger partial charge in [0.05, 0.1) is 0 Å². The second-order valence-electron chi connectivity index (χ2n) is 4.74. The van der Waals surface area contributed by atoms with Gasteiger partial charge in [0.15, 0.2) is 11.5 Å². The summed E-state index contributed by atoms with van der Waals surface area (Å²) in [4.78, 5) is 0. The van der Waals surface area contributed by atoms with Crippen LogP contribution in [0.25, 0.3) is 0 Å². The van der Waals surface area contributed by atoms with Crippen LogP contribution in [0.3, 0.4) is 0 Å². The highest BCUT2D eigenvalue weighted by Crippen LogP contribution is 2.37. The molecule has 1 aromatic rings. The monoisotopic (exact) mass is 234 g/mol. The Morgan fingerprint density at radius 3 is 2.59 bits per heavy atom. The minimum absolute atomic E-state index is 0.337. The van der Waals surface area contributed by atoms with Crippen molar-refractivity contribution in [1.82, 2.24) is 10.6 Å². The van der Waals surface area contributed by atoms with Crippen LogP contribution in [0.5, 0.6) is 11.5 Å². The van der Waals surface area contributed by atoms with Crippen LogP contribution in [0.4, 0.5) is 0 Å². The van der Waals surface area contributed by atoms with Gasteiger partial charge < -0.3 is 20.1 Å². The lowest BCUT2D eigenvalue weighted by Crippen LogP contribution is -2.49. The Labute approximate surface area is 101 Å². The van der Waals surface area contributed by atoms with Gasteiger partial charge in [-0.05, 0) is 37.1 Å². The van der Waals surface area contributed by atoms with E-state index in [1.54, 1.807) is 0 Å². The number of fused-ring (bicyclic) bond motifs is 1. The molecule has 92 valence electrons. The number of rotatable bonds is 1. The topological polar surface area (TPSA) is 42.5 Å². The van der Waals surface area contributed by atoms with E-state index in [1.165, 1.54) is 11.1 Å². The lowest BCUT2D eigenvalue weighted by atomic mass is 9.94. The molecule has 3 rings (SSSR count). The zero-order valence-electron chi connectivity index (χ0n) is 10.2. The van der Waals surface area contributed by atoms with Crippen LogP contribution >= 0.6 is 0 Å². The highest BCUT2D eigenvalue weighted by Gasteiger charge is 2.26. The number of hydrogen-bond donors (Lipinski definition) is 2. The maximum absolute atomic E-state index is 5.45. The van der Waals surface area contributed by atoms with Gasteiger partial charge in [-0.25, -0.2) is 0 Å². The highest BCUT2D eigenvalue weighted by molar-refractivity contribution is 5.49. The molecule has 0 aliphatic carbocycles. The first kappa shape index (κ1) is 10.9. The van der Waals surface area contributed by atoms with Crippen molar-refractivity contribution in [2.75, 3.05) is 19.9 Å². The predicted molar refractivity (Wildman–Crippen MR) is 65.5 cm³/mol. The fourth-order valence-electron chi connectivity index (χ4n) is 2.60. The van der Waals surface area contributed by atoms with E-state index in [2.05, 4.69) is 36.6 Å². The first-order valence-corrected chi connectivity index (χ1v) is 6.12. The molecule has 0 spiro atoms. The van der Waals surface area contributed by atoms with Crippen molar-refractivity contribution in [2.24, 2.45) is 0 Å². The Morgan fingerprint density at radius 1 is 1.12 bits per heavy atom. The Morgan fingerprint density at radius 2 is 1.82 bits per heavy atom. The number of aryl methyl sites for hydroxylation is 1. The smallest absolute Gasteiger partial charge is 0.231 e. The van der Waals surface area contributed by atoms with Gasteiger partial charge in [-0.3, -0.25) is 0 Å². The molecule has 4 heteroatoms. The molecule has 2 heterocycles. The van der Waals surface area contributed by atoms with E-state index in [9.17, 15) is 0 Å². The Balaban J connectivity index is 1.96. The molecule has 2 atom stereocenters. The van der Waals surface area contributed by atoms with E-state index in [1.807, 2.05) is 0 Å². The summed E-state index contributed by atoms with van der Waals surface area (Å²) in [5.74, 6) is 1.73. The fourth-order valence-corrected chi connectivity index (χ4v) is 2.60. The standard InChI is InChI=1S/C13H18N2O2/c1-8-5-11-12(17-7-16-11)6-10(8)13-9(2)14-3-4-15-13/h5-6,9,13-15H,3-4,7H2,1-2H3. The maximum atomic E-state index is 5.45. The zero-order chi connectivity index (χ0) is 11.8. The van der Waals surface area contributed by atoms with E-state index in [-0.39, 0.29) is 0 Å². The summed E-state index contributed by atoms with van der Waals surface area (Å²) in [5, 5.41) is 7.05. The number of piperazine rings is 1. The minimum atomic E-state index is 0.337. The third kappa shape index (κ3) is 1.87. The van der Waals surface area contributed by atoms with E-state index < -0.39 is 0 Å². The van der Waals surface area contributed by atoms with Crippen LogP contribution in [0.1, 0.15) is 24.1 Å². The lowest BCUT2D eigenvalue weighted by Gasteiger charge is -2.32. The van der Waals surface area contributed by atoms with Crippen LogP contribution in [-0.2, 0) is 0 Å². The second-order valence-corrected chi connectivity index (χ2v) is 4.74. The van der Waals surface area contributed by atoms with Crippen LogP contribution in [0.15, 0.2) is 12.1 Å². The van der Waals surface area contributed by atoms with Crippen LogP contribution in [0, 0.1) is 6.92 Å². The Hall–Kier alpha value is -1.26. The number of nitrogens with one attached hydrogen (secondary N) is 2. The molecule has 0 radical (unpaired) electrons. The maximum Gasteiger partial charge on any atom is 0.231 e. The van der Waals surface area contributed by atoms with Gasteiger partial charge >= 0.3 is 0 Å². The number of benzene rings is 1. The van der Waals surface area contributed by atoms with Gasteiger partial charge in [0.25, 0.3) is 0 Å². The van der Waals surface area contributed by atoms with Crippen LogP contribution < -0.4 is 20.1 Å². The predicted octanol–water partition coefficient (Wildman–Crippen LogP) is 1.35. The lowest BCUT2D eigenvalue weighted by molar-refractivity contribution is 0.174. The molecule has 2 unspecified atom stereocenters. The third-order valence-electron chi connectivity index (χ3n) is 3.55. The molecule has 2 N–H and O–H groups in total. The van der Waals surface area contributed by atoms with Gasteiger partial charge in [-0.1, -0.05) is 0 Å². The summed E-state index contributed by atoms with van der Waals surface area (Å²) in [6.45, 7) is 6.70. The molecule has 0 saturated carbocycles. The largest absolute Gasteiger partial charge is 0.454 e. The normalized spacial score (nSPS) is 27.2. The molecule has 1 saturated heterocycles.